The van der Waals surface area contributed by atoms with E-state index < -0.39 is 0 Å². The van der Waals surface area contributed by atoms with Crippen molar-refractivity contribution in [1.82, 2.24) is 4.98 Å². The smallest absolute Gasteiger partial charge is 0.0901 e. The molecule has 106 valence electrons. The van der Waals surface area contributed by atoms with Gasteiger partial charge in [-0.25, -0.2) is 4.98 Å². The highest BCUT2D eigenvalue weighted by Crippen LogP contribution is 2.35. The van der Waals surface area contributed by atoms with Crippen LogP contribution in [0, 0.1) is 18.8 Å². The van der Waals surface area contributed by atoms with Gasteiger partial charge in [-0.15, -0.1) is 11.3 Å². The van der Waals surface area contributed by atoms with Crippen LogP contribution in [0.2, 0.25) is 0 Å². The van der Waals surface area contributed by atoms with Crippen LogP contribution in [0.4, 0.5) is 5.69 Å². The van der Waals surface area contributed by atoms with Crippen molar-refractivity contribution >= 4 is 17.0 Å². The van der Waals surface area contributed by atoms with Crippen LogP contribution < -0.4 is 5.32 Å². The SMILES string of the molecule is Cc1nc(-c2ccc(NC3CC(C(C)C)C3)cc2)cs1. The zero-order valence-corrected chi connectivity index (χ0v) is 13.2. The third-order valence-electron chi connectivity index (χ3n) is 4.29. The molecule has 1 fully saturated rings. The summed E-state index contributed by atoms with van der Waals surface area (Å²) in [5.74, 6) is 1.73. The second-order valence-corrected chi connectivity index (χ2v) is 7.21. The Morgan fingerprint density at radius 3 is 2.45 bits per heavy atom. The Morgan fingerprint density at radius 1 is 1.20 bits per heavy atom. The molecule has 0 radical (unpaired) electrons. The second kappa shape index (κ2) is 5.57. The second-order valence-electron chi connectivity index (χ2n) is 6.15. The zero-order chi connectivity index (χ0) is 14.1. The number of anilines is 1. The predicted octanol–water partition coefficient (Wildman–Crippen LogP) is 4.97. The molecule has 20 heavy (non-hydrogen) atoms. The highest BCUT2D eigenvalue weighted by molar-refractivity contribution is 7.09. The zero-order valence-electron chi connectivity index (χ0n) is 12.4. The summed E-state index contributed by atoms with van der Waals surface area (Å²) in [5, 5.41) is 6.87. The highest BCUT2D eigenvalue weighted by atomic mass is 32.1. The average Bonchev–Trinajstić information content (AvgIpc) is 2.80. The number of thiazole rings is 1. The Bertz CT molecular complexity index is 565. The number of nitrogens with one attached hydrogen (secondary N) is 1. The normalized spacial score (nSPS) is 21.8. The number of hydrogen-bond acceptors (Lipinski definition) is 3. The summed E-state index contributed by atoms with van der Waals surface area (Å²) < 4.78 is 0. The van der Waals surface area contributed by atoms with Crippen LogP contribution in [0.15, 0.2) is 29.6 Å². The van der Waals surface area contributed by atoms with Gasteiger partial charge in [-0.05, 0) is 43.7 Å². The van der Waals surface area contributed by atoms with Crippen molar-refractivity contribution in [2.75, 3.05) is 5.32 Å². The topological polar surface area (TPSA) is 24.9 Å². The van der Waals surface area contributed by atoms with E-state index in [0.717, 1.165) is 22.5 Å². The minimum atomic E-state index is 0.662. The van der Waals surface area contributed by atoms with E-state index in [-0.39, 0.29) is 0 Å². The number of nitrogens with zero attached hydrogens (tertiary/aromatic N) is 1. The van der Waals surface area contributed by atoms with Gasteiger partial charge in [0.05, 0.1) is 10.7 Å². The van der Waals surface area contributed by atoms with Crippen LogP contribution in [-0.2, 0) is 0 Å². The van der Waals surface area contributed by atoms with Crippen LogP contribution in [0.3, 0.4) is 0 Å². The minimum Gasteiger partial charge on any atom is -0.382 e. The minimum absolute atomic E-state index is 0.662. The summed E-state index contributed by atoms with van der Waals surface area (Å²) in [7, 11) is 0. The van der Waals surface area contributed by atoms with Crippen LogP contribution in [0.25, 0.3) is 11.3 Å². The maximum absolute atomic E-state index is 4.53. The molecule has 3 rings (SSSR count). The fourth-order valence-corrected chi connectivity index (χ4v) is 3.42. The van der Waals surface area contributed by atoms with Gasteiger partial charge in [-0.3, -0.25) is 0 Å². The molecule has 1 aliphatic carbocycles. The Hall–Kier alpha value is -1.35. The molecule has 0 unspecified atom stereocenters. The first-order chi connectivity index (χ1) is 9.61. The van der Waals surface area contributed by atoms with Gasteiger partial charge < -0.3 is 5.32 Å². The number of hydrogen-bond donors (Lipinski definition) is 1. The number of benzene rings is 1. The Kier molecular flexibility index (Phi) is 3.79. The maximum atomic E-state index is 4.53. The van der Waals surface area contributed by atoms with Gasteiger partial charge in [0.1, 0.15) is 0 Å². The van der Waals surface area contributed by atoms with Crippen molar-refractivity contribution in [3.8, 4) is 11.3 Å². The molecule has 0 saturated heterocycles. The average molecular weight is 286 g/mol. The largest absolute Gasteiger partial charge is 0.382 e. The molecule has 1 N–H and O–H groups in total. The molecule has 1 heterocycles. The molecular weight excluding hydrogens is 264 g/mol. The van der Waals surface area contributed by atoms with Crippen molar-refractivity contribution in [2.45, 2.75) is 39.7 Å². The van der Waals surface area contributed by atoms with Crippen LogP contribution in [0.5, 0.6) is 0 Å². The number of aromatic nitrogens is 1. The Balaban J connectivity index is 1.60. The molecule has 0 aliphatic heterocycles. The summed E-state index contributed by atoms with van der Waals surface area (Å²) in [6.45, 7) is 6.70. The molecule has 3 heteroatoms. The molecule has 1 aliphatic rings. The monoisotopic (exact) mass is 286 g/mol. The lowest BCUT2D eigenvalue weighted by Crippen LogP contribution is -2.37. The lowest BCUT2D eigenvalue weighted by molar-refractivity contribution is 0.212. The van der Waals surface area contributed by atoms with Crippen LogP contribution in [-0.4, -0.2) is 11.0 Å². The maximum Gasteiger partial charge on any atom is 0.0901 e. The van der Waals surface area contributed by atoms with E-state index in [2.05, 4.69) is 53.8 Å². The molecule has 2 aromatic rings. The Morgan fingerprint density at radius 2 is 1.90 bits per heavy atom. The molecule has 0 spiro atoms. The first-order valence-corrected chi connectivity index (χ1v) is 8.29. The van der Waals surface area contributed by atoms with Gasteiger partial charge in [-0.1, -0.05) is 26.0 Å². The van der Waals surface area contributed by atoms with E-state index in [1.165, 1.54) is 24.1 Å². The first kappa shape index (κ1) is 13.6. The summed E-state index contributed by atoms with van der Waals surface area (Å²) in [4.78, 5) is 4.53. The fraction of sp³-hybridized carbons (Fsp3) is 0.471. The third-order valence-corrected chi connectivity index (χ3v) is 5.06. The molecule has 1 saturated carbocycles. The van der Waals surface area contributed by atoms with Crippen molar-refractivity contribution in [2.24, 2.45) is 11.8 Å². The fourth-order valence-electron chi connectivity index (χ4n) is 2.79. The van der Waals surface area contributed by atoms with Crippen LogP contribution in [0.1, 0.15) is 31.7 Å². The summed E-state index contributed by atoms with van der Waals surface area (Å²) in [5.41, 5.74) is 3.52. The van der Waals surface area contributed by atoms with E-state index >= 15 is 0 Å². The summed E-state index contributed by atoms with van der Waals surface area (Å²) in [6.07, 6.45) is 2.62. The highest BCUT2D eigenvalue weighted by Gasteiger charge is 2.30. The standard InChI is InChI=1S/C17H22N2S/c1-11(2)14-8-16(9-14)19-15-6-4-13(5-7-15)17-10-20-12(3)18-17/h4-7,10-11,14,16,19H,8-9H2,1-3H3. The van der Waals surface area contributed by atoms with Crippen LogP contribution >= 0.6 is 11.3 Å². The summed E-state index contributed by atoms with van der Waals surface area (Å²) in [6, 6.07) is 9.33. The third kappa shape index (κ3) is 2.88. The van der Waals surface area contributed by atoms with Crippen molar-refractivity contribution < 1.29 is 0 Å². The van der Waals surface area contributed by atoms with Crippen molar-refractivity contribution in [3.63, 3.8) is 0 Å². The van der Waals surface area contributed by atoms with Crippen molar-refractivity contribution in [1.29, 1.82) is 0 Å². The molecule has 1 aromatic carbocycles. The van der Waals surface area contributed by atoms with E-state index in [1.807, 2.05) is 6.92 Å². The molecule has 0 bridgehead atoms. The number of aryl methyl sites for hydroxylation is 1. The van der Waals surface area contributed by atoms with Gasteiger partial charge in [0.25, 0.3) is 0 Å². The quantitative estimate of drug-likeness (QED) is 0.858. The summed E-state index contributed by atoms with van der Waals surface area (Å²) >= 11 is 1.70. The van der Waals surface area contributed by atoms with E-state index in [4.69, 9.17) is 0 Å². The van der Waals surface area contributed by atoms with Gasteiger partial charge in [0, 0.05) is 22.7 Å². The van der Waals surface area contributed by atoms with Crippen molar-refractivity contribution in [3.05, 3.63) is 34.7 Å². The molecule has 0 atom stereocenters. The van der Waals surface area contributed by atoms with E-state index in [1.54, 1.807) is 11.3 Å². The van der Waals surface area contributed by atoms with Gasteiger partial charge >= 0.3 is 0 Å². The molecular formula is C17H22N2S. The molecule has 2 nitrogen and oxygen atoms in total. The van der Waals surface area contributed by atoms with E-state index in [0.29, 0.717) is 6.04 Å². The predicted molar refractivity (Wildman–Crippen MR) is 87.3 cm³/mol. The first-order valence-electron chi connectivity index (χ1n) is 7.41. The molecule has 0 amide bonds. The van der Waals surface area contributed by atoms with E-state index in [9.17, 15) is 0 Å². The number of rotatable bonds is 4. The van der Waals surface area contributed by atoms with Gasteiger partial charge in [-0.2, -0.15) is 0 Å². The van der Waals surface area contributed by atoms with Gasteiger partial charge in [0.2, 0.25) is 0 Å². The molecule has 1 aromatic heterocycles. The van der Waals surface area contributed by atoms with Gasteiger partial charge in [0.15, 0.2) is 0 Å². The Labute approximate surface area is 125 Å². The lowest BCUT2D eigenvalue weighted by Gasteiger charge is -2.39. The lowest BCUT2D eigenvalue weighted by atomic mass is 9.73.